The Hall–Kier alpha value is -1.70. The molecule has 0 atom stereocenters. The summed E-state index contributed by atoms with van der Waals surface area (Å²) in [6.07, 6.45) is 1.47. The molecule has 0 bridgehead atoms. The molecule has 0 spiro atoms. The molecule has 5 nitrogen and oxygen atoms in total. The van der Waals surface area contributed by atoms with Crippen LogP contribution in [-0.4, -0.2) is 24.4 Å². The second-order valence-corrected chi connectivity index (χ2v) is 10.6. The van der Waals surface area contributed by atoms with E-state index in [-0.39, 0.29) is 10.6 Å². The lowest BCUT2D eigenvalue weighted by atomic mass is 9.96. The lowest BCUT2D eigenvalue weighted by Crippen LogP contribution is -2.27. The summed E-state index contributed by atoms with van der Waals surface area (Å²) in [6, 6.07) is 10.4. The van der Waals surface area contributed by atoms with Crippen molar-refractivity contribution in [3.05, 3.63) is 46.7 Å². The van der Waals surface area contributed by atoms with Crippen molar-refractivity contribution in [3.63, 3.8) is 0 Å². The summed E-state index contributed by atoms with van der Waals surface area (Å²) in [5.41, 5.74) is 9.54. The van der Waals surface area contributed by atoms with Crippen LogP contribution in [0.2, 0.25) is 5.04 Å². The summed E-state index contributed by atoms with van der Waals surface area (Å²) in [5, 5.41) is 4.51. The van der Waals surface area contributed by atoms with E-state index in [2.05, 4.69) is 78.8 Å². The van der Waals surface area contributed by atoms with Gasteiger partial charge in [0.2, 0.25) is 9.76 Å². The molecule has 0 aliphatic heterocycles. The number of aromatic nitrogens is 3. The maximum atomic E-state index is 6.25. The highest BCUT2D eigenvalue weighted by molar-refractivity contribution is 9.10. The number of rotatable bonds is 4. The molecule has 7 heteroatoms. The average molecular weight is 431 g/mol. The van der Waals surface area contributed by atoms with Crippen molar-refractivity contribution in [1.82, 2.24) is 14.6 Å². The quantitative estimate of drug-likeness (QED) is 0.601. The number of hydrogen-bond donors (Lipinski definition) is 1. The van der Waals surface area contributed by atoms with Crippen molar-refractivity contribution in [2.75, 3.05) is 5.73 Å². The standard InChI is InChI=1S/C19H23BrN4OSi/c1-18(2,3)26-25-19(4,5)13-8-6-7-12(9-13)15-10-14(20)16-17(21)22-11-23-24(15)16/h6-11H,1-5H3,(H2,21,22,23). The predicted molar refractivity (Wildman–Crippen MR) is 110 cm³/mol. The second kappa shape index (κ2) is 6.79. The first-order chi connectivity index (χ1) is 12.1. The molecule has 26 heavy (non-hydrogen) atoms. The molecular formula is C19H23BrN4OSi. The Labute approximate surface area is 165 Å². The van der Waals surface area contributed by atoms with Gasteiger partial charge >= 0.3 is 0 Å². The Kier molecular flexibility index (Phi) is 4.98. The van der Waals surface area contributed by atoms with Gasteiger partial charge in [-0.15, -0.1) is 0 Å². The van der Waals surface area contributed by atoms with Crippen LogP contribution in [0.5, 0.6) is 0 Å². The molecule has 2 heterocycles. The molecule has 2 radical (unpaired) electrons. The van der Waals surface area contributed by atoms with Crippen molar-refractivity contribution >= 4 is 37.0 Å². The number of nitrogens with zero attached hydrogens (tertiary/aromatic N) is 3. The van der Waals surface area contributed by atoms with Gasteiger partial charge in [-0.3, -0.25) is 0 Å². The Morgan fingerprint density at radius 2 is 1.88 bits per heavy atom. The SMILES string of the molecule is CC(C)(C)[Si]OC(C)(C)c1cccc(-c2cc(Br)c3c(N)ncnn23)c1. The Morgan fingerprint density at radius 3 is 2.58 bits per heavy atom. The Bertz CT molecular complexity index is 946. The number of anilines is 1. The summed E-state index contributed by atoms with van der Waals surface area (Å²) in [6.45, 7) is 10.8. The van der Waals surface area contributed by atoms with E-state index in [4.69, 9.17) is 10.2 Å². The molecule has 0 unspecified atom stereocenters. The van der Waals surface area contributed by atoms with E-state index in [0.29, 0.717) is 15.6 Å². The molecule has 0 aliphatic rings. The minimum atomic E-state index is -0.375. The van der Waals surface area contributed by atoms with Crippen LogP contribution >= 0.6 is 15.9 Å². The molecular weight excluding hydrogens is 408 g/mol. The predicted octanol–water partition coefficient (Wildman–Crippen LogP) is 4.83. The summed E-state index contributed by atoms with van der Waals surface area (Å²) in [5.74, 6) is 0.448. The van der Waals surface area contributed by atoms with E-state index in [1.165, 1.54) is 6.33 Å². The van der Waals surface area contributed by atoms with Gasteiger partial charge in [0, 0.05) is 10.0 Å². The fourth-order valence-electron chi connectivity index (χ4n) is 2.62. The highest BCUT2D eigenvalue weighted by Gasteiger charge is 2.26. The number of nitrogen functional groups attached to an aromatic ring is 1. The van der Waals surface area contributed by atoms with E-state index in [9.17, 15) is 0 Å². The third kappa shape index (κ3) is 3.84. The highest BCUT2D eigenvalue weighted by Crippen LogP contribution is 2.34. The molecule has 3 aromatic rings. The summed E-state index contributed by atoms with van der Waals surface area (Å²) in [7, 11) is 0.419. The van der Waals surface area contributed by atoms with Gasteiger partial charge in [-0.05, 0) is 52.5 Å². The maximum absolute atomic E-state index is 6.25. The summed E-state index contributed by atoms with van der Waals surface area (Å²) in [4.78, 5) is 4.08. The first-order valence-corrected chi connectivity index (χ1v) is 10.1. The van der Waals surface area contributed by atoms with Gasteiger partial charge in [-0.25, -0.2) is 9.50 Å². The van der Waals surface area contributed by atoms with E-state index in [0.717, 1.165) is 26.8 Å². The first kappa shape index (κ1) is 19.1. The fourth-order valence-corrected chi connectivity index (χ4v) is 3.89. The van der Waals surface area contributed by atoms with E-state index in [1.807, 2.05) is 16.6 Å². The molecule has 0 saturated carbocycles. The summed E-state index contributed by atoms with van der Waals surface area (Å²) < 4.78 is 8.94. The second-order valence-electron chi connectivity index (χ2n) is 7.83. The largest absolute Gasteiger partial charge is 0.408 e. The zero-order valence-corrected chi connectivity index (χ0v) is 18.3. The lowest BCUT2D eigenvalue weighted by Gasteiger charge is -2.30. The summed E-state index contributed by atoms with van der Waals surface area (Å²) >= 11 is 3.57. The van der Waals surface area contributed by atoms with Crippen LogP contribution < -0.4 is 5.73 Å². The van der Waals surface area contributed by atoms with Gasteiger partial charge in [-0.1, -0.05) is 39.0 Å². The van der Waals surface area contributed by atoms with Crippen LogP contribution in [0.25, 0.3) is 16.8 Å². The molecule has 3 rings (SSSR count). The van der Waals surface area contributed by atoms with E-state index >= 15 is 0 Å². The minimum Gasteiger partial charge on any atom is -0.408 e. The number of benzene rings is 1. The van der Waals surface area contributed by atoms with Gasteiger partial charge in [0.1, 0.15) is 11.8 Å². The zero-order chi connectivity index (χ0) is 19.1. The van der Waals surface area contributed by atoms with Gasteiger partial charge < -0.3 is 10.2 Å². The van der Waals surface area contributed by atoms with Crippen LogP contribution in [0.4, 0.5) is 5.82 Å². The Balaban J connectivity index is 2.02. The van der Waals surface area contributed by atoms with Crippen molar-refractivity contribution in [2.45, 2.75) is 45.3 Å². The number of hydrogen-bond acceptors (Lipinski definition) is 4. The first-order valence-electron chi connectivity index (χ1n) is 8.42. The third-order valence-electron chi connectivity index (χ3n) is 4.00. The molecule has 2 N–H and O–H groups in total. The Morgan fingerprint density at radius 1 is 1.15 bits per heavy atom. The van der Waals surface area contributed by atoms with Crippen LogP contribution in [0.3, 0.4) is 0 Å². The lowest BCUT2D eigenvalue weighted by molar-refractivity contribution is 0.109. The van der Waals surface area contributed by atoms with E-state index in [1.54, 1.807) is 0 Å². The number of nitrogens with two attached hydrogens (primary N) is 1. The molecule has 136 valence electrons. The highest BCUT2D eigenvalue weighted by atomic mass is 79.9. The minimum absolute atomic E-state index is 0.145. The number of fused-ring (bicyclic) bond motifs is 1. The van der Waals surface area contributed by atoms with Gasteiger partial charge in [0.05, 0.1) is 11.3 Å². The van der Waals surface area contributed by atoms with Gasteiger partial charge in [0.25, 0.3) is 0 Å². The molecule has 0 amide bonds. The van der Waals surface area contributed by atoms with Crippen molar-refractivity contribution in [3.8, 4) is 11.3 Å². The monoisotopic (exact) mass is 430 g/mol. The molecule has 0 aliphatic carbocycles. The maximum Gasteiger partial charge on any atom is 0.236 e. The zero-order valence-electron chi connectivity index (χ0n) is 15.7. The molecule has 2 aromatic heterocycles. The van der Waals surface area contributed by atoms with Gasteiger partial charge in [-0.2, -0.15) is 5.10 Å². The molecule has 0 fully saturated rings. The average Bonchev–Trinajstić information content (AvgIpc) is 2.91. The fraction of sp³-hybridized carbons (Fsp3) is 0.368. The number of halogens is 1. The van der Waals surface area contributed by atoms with Crippen LogP contribution in [-0.2, 0) is 10.0 Å². The normalized spacial score (nSPS) is 12.7. The smallest absolute Gasteiger partial charge is 0.236 e. The molecule has 1 aromatic carbocycles. The van der Waals surface area contributed by atoms with Crippen LogP contribution in [0.15, 0.2) is 41.1 Å². The van der Waals surface area contributed by atoms with Crippen molar-refractivity contribution in [1.29, 1.82) is 0 Å². The third-order valence-corrected chi connectivity index (χ3v) is 5.83. The van der Waals surface area contributed by atoms with Crippen LogP contribution in [0, 0.1) is 0 Å². The van der Waals surface area contributed by atoms with Crippen molar-refractivity contribution < 1.29 is 4.43 Å². The van der Waals surface area contributed by atoms with Crippen molar-refractivity contribution in [2.24, 2.45) is 0 Å². The van der Waals surface area contributed by atoms with Crippen LogP contribution in [0.1, 0.15) is 40.2 Å². The van der Waals surface area contributed by atoms with Gasteiger partial charge in [0.15, 0.2) is 5.82 Å². The topological polar surface area (TPSA) is 65.4 Å². The molecule has 0 saturated heterocycles. The van der Waals surface area contributed by atoms with E-state index < -0.39 is 0 Å².